The van der Waals surface area contributed by atoms with Gasteiger partial charge < -0.3 is 25.7 Å². The van der Waals surface area contributed by atoms with E-state index >= 15 is 0 Å². The number of nitrogens with one attached hydrogen (secondary N) is 1. The summed E-state index contributed by atoms with van der Waals surface area (Å²) in [7, 11) is 0. The normalized spacial score (nSPS) is 14.2. The summed E-state index contributed by atoms with van der Waals surface area (Å²) in [6.07, 6.45) is 38.4. The monoisotopic (exact) mass is 684 g/mol. The van der Waals surface area contributed by atoms with Crippen molar-refractivity contribution in [3.63, 3.8) is 0 Å². The third-order valence-electron chi connectivity index (χ3n) is 10.3. The van der Waals surface area contributed by atoms with Crippen molar-refractivity contribution >= 4 is 5.91 Å². The van der Waals surface area contributed by atoms with Gasteiger partial charge in [-0.1, -0.05) is 219 Å². The van der Waals surface area contributed by atoms with Crippen LogP contribution < -0.4 is 5.32 Å². The summed E-state index contributed by atoms with van der Waals surface area (Å²) < 4.78 is 0. The first-order valence-corrected chi connectivity index (χ1v) is 21.4. The van der Waals surface area contributed by atoms with Crippen LogP contribution >= 0.6 is 0 Å². The summed E-state index contributed by atoms with van der Waals surface area (Å²) in [5.74, 6) is -0.580. The van der Waals surface area contributed by atoms with Crippen molar-refractivity contribution in [3.8, 4) is 0 Å². The lowest BCUT2D eigenvalue weighted by Crippen LogP contribution is -2.53. The molecule has 2 unspecified atom stereocenters. The summed E-state index contributed by atoms with van der Waals surface area (Å²) in [5, 5.41) is 43.6. The molecule has 0 aliphatic carbocycles. The van der Waals surface area contributed by atoms with Gasteiger partial charge >= 0.3 is 0 Å². The molecule has 0 rings (SSSR count). The Morgan fingerprint density at radius 1 is 0.438 bits per heavy atom. The van der Waals surface area contributed by atoms with Crippen LogP contribution in [-0.4, -0.2) is 57.3 Å². The number of hydrogen-bond acceptors (Lipinski definition) is 5. The molecule has 0 aliphatic heterocycles. The Hall–Kier alpha value is -0.690. The molecule has 0 aromatic carbocycles. The highest BCUT2D eigenvalue weighted by atomic mass is 16.3. The van der Waals surface area contributed by atoms with E-state index in [1.165, 1.54) is 167 Å². The number of hydrogen-bond donors (Lipinski definition) is 5. The van der Waals surface area contributed by atoms with Crippen molar-refractivity contribution in [3.05, 3.63) is 0 Å². The first kappa shape index (κ1) is 47.3. The Morgan fingerprint density at radius 2 is 0.708 bits per heavy atom. The smallest absolute Gasteiger partial charge is 0.249 e. The van der Waals surface area contributed by atoms with Gasteiger partial charge in [-0.25, -0.2) is 0 Å². The molecule has 0 spiro atoms. The Bertz CT molecular complexity index is 648. The highest BCUT2D eigenvalue weighted by molar-refractivity contribution is 5.80. The van der Waals surface area contributed by atoms with E-state index in [0.29, 0.717) is 12.8 Å². The molecule has 6 nitrogen and oxygen atoms in total. The van der Waals surface area contributed by atoms with E-state index in [2.05, 4.69) is 19.2 Å². The standard InChI is InChI=1S/C42H85NO5/c1-3-5-7-9-11-13-15-17-19-20-22-24-26-28-30-32-34-36-40(46)42(48)43-38(37-44)41(47)39(45)35-33-31-29-27-25-23-21-18-16-14-12-10-8-6-4-2/h38-41,44-47H,3-37H2,1-2H3,(H,43,48)/t38-,39+,40?,41?/m0/s1. The van der Waals surface area contributed by atoms with Crippen molar-refractivity contribution in [2.75, 3.05) is 6.61 Å². The van der Waals surface area contributed by atoms with Crippen molar-refractivity contribution in [1.82, 2.24) is 5.32 Å². The van der Waals surface area contributed by atoms with Gasteiger partial charge in [-0.2, -0.15) is 0 Å². The summed E-state index contributed by atoms with van der Waals surface area (Å²) in [5.41, 5.74) is 0. The topological polar surface area (TPSA) is 110 Å². The van der Waals surface area contributed by atoms with Gasteiger partial charge in [0.1, 0.15) is 12.2 Å². The highest BCUT2D eigenvalue weighted by Gasteiger charge is 2.28. The van der Waals surface area contributed by atoms with Crippen LogP contribution in [0, 0.1) is 0 Å². The molecular weight excluding hydrogens is 598 g/mol. The summed E-state index contributed by atoms with van der Waals surface area (Å²) in [6, 6.07) is -0.978. The van der Waals surface area contributed by atoms with Crippen molar-refractivity contribution in [2.45, 2.75) is 257 Å². The lowest BCUT2D eigenvalue weighted by atomic mass is 9.99. The quantitative estimate of drug-likeness (QED) is 0.0414. The van der Waals surface area contributed by atoms with Crippen LogP contribution in [0.5, 0.6) is 0 Å². The molecule has 4 atom stereocenters. The van der Waals surface area contributed by atoms with Crippen LogP contribution in [0.3, 0.4) is 0 Å². The fourth-order valence-electron chi connectivity index (χ4n) is 6.88. The van der Waals surface area contributed by atoms with E-state index in [0.717, 1.165) is 38.5 Å². The molecule has 0 radical (unpaired) electrons. The zero-order chi connectivity index (χ0) is 35.3. The number of rotatable bonds is 39. The fourth-order valence-corrected chi connectivity index (χ4v) is 6.88. The molecule has 0 aliphatic rings. The SMILES string of the molecule is CCCCCCCCCCCCCCCCCCCC(O)C(=O)N[C@@H](CO)C(O)[C@H](O)CCCCCCCCCCCCCCCCC. The fraction of sp³-hybridized carbons (Fsp3) is 0.976. The average Bonchev–Trinajstić information content (AvgIpc) is 3.09. The van der Waals surface area contributed by atoms with Gasteiger partial charge in [0.15, 0.2) is 0 Å². The maximum absolute atomic E-state index is 12.5. The Balaban J connectivity index is 3.72. The van der Waals surface area contributed by atoms with E-state index in [1.807, 2.05) is 0 Å². The van der Waals surface area contributed by atoms with Gasteiger partial charge in [-0.15, -0.1) is 0 Å². The highest BCUT2D eigenvalue weighted by Crippen LogP contribution is 2.17. The molecule has 0 aromatic heterocycles. The Labute approximate surface area is 299 Å². The van der Waals surface area contributed by atoms with Crippen molar-refractivity contribution < 1.29 is 25.2 Å². The van der Waals surface area contributed by atoms with E-state index in [1.54, 1.807) is 0 Å². The van der Waals surface area contributed by atoms with Crippen LogP contribution in [0.4, 0.5) is 0 Å². The lowest BCUT2D eigenvalue weighted by molar-refractivity contribution is -0.132. The third-order valence-corrected chi connectivity index (χ3v) is 10.3. The maximum Gasteiger partial charge on any atom is 0.249 e. The molecule has 1 amide bonds. The van der Waals surface area contributed by atoms with Gasteiger partial charge in [0.25, 0.3) is 0 Å². The third kappa shape index (κ3) is 31.3. The second kappa shape index (κ2) is 37.6. The Kier molecular flexibility index (Phi) is 37.0. The van der Waals surface area contributed by atoms with Gasteiger partial charge in [0.05, 0.1) is 18.8 Å². The summed E-state index contributed by atoms with van der Waals surface area (Å²) >= 11 is 0. The van der Waals surface area contributed by atoms with Crippen LogP contribution in [-0.2, 0) is 4.79 Å². The minimum atomic E-state index is -1.25. The number of aliphatic hydroxyl groups excluding tert-OH is 4. The van der Waals surface area contributed by atoms with Crippen molar-refractivity contribution in [1.29, 1.82) is 0 Å². The van der Waals surface area contributed by atoms with Gasteiger partial charge in [-0.3, -0.25) is 4.79 Å². The predicted molar refractivity (Wildman–Crippen MR) is 205 cm³/mol. The summed E-state index contributed by atoms with van der Waals surface area (Å²) in [6.45, 7) is 4.06. The minimum absolute atomic E-state index is 0.375. The molecule has 6 heteroatoms. The Morgan fingerprint density at radius 3 is 1.00 bits per heavy atom. The number of amides is 1. The molecule has 0 saturated heterocycles. The molecule has 0 aromatic rings. The molecule has 5 N–H and O–H groups in total. The van der Waals surface area contributed by atoms with Crippen LogP contribution in [0.25, 0.3) is 0 Å². The van der Waals surface area contributed by atoms with E-state index in [9.17, 15) is 25.2 Å². The molecule has 48 heavy (non-hydrogen) atoms. The van der Waals surface area contributed by atoms with Gasteiger partial charge in [0.2, 0.25) is 5.91 Å². The first-order chi connectivity index (χ1) is 23.5. The largest absolute Gasteiger partial charge is 0.394 e. The molecule has 0 saturated carbocycles. The van der Waals surface area contributed by atoms with E-state index in [4.69, 9.17) is 0 Å². The number of carbonyl (C=O) groups excluding carboxylic acids is 1. The van der Waals surface area contributed by atoms with Crippen LogP contribution in [0.2, 0.25) is 0 Å². The van der Waals surface area contributed by atoms with E-state index < -0.39 is 36.9 Å². The second-order valence-corrected chi connectivity index (χ2v) is 15.1. The minimum Gasteiger partial charge on any atom is -0.394 e. The zero-order valence-electron chi connectivity index (χ0n) is 32.3. The zero-order valence-corrected chi connectivity index (χ0v) is 32.3. The van der Waals surface area contributed by atoms with Gasteiger partial charge in [-0.05, 0) is 12.8 Å². The number of aliphatic hydroxyl groups is 4. The van der Waals surface area contributed by atoms with Crippen molar-refractivity contribution in [2.24, 2.45) is 0 Å². The molecule has 0 heterocycles. The first-order valence-electron chi connectivity index (χ1n) is 21.4. The van der Waals surface area contributed by atoms with Gasteiger partial charge in [0, 0.05) is 0 Å². The maximum atomic E-state index is 12.5. The summed E-state index contributed by atoms with van der Waals surface area (Å²) in [4.78, 5) is 12.5. The molecule has 0 fully saturated rings. The van der Waals surface area contributed by atoms with E-state index in [-0.39, 0.29) is 0 Å². The second-order valence-electron chi connectivity index (χ2n) is 15.1. The lowest BCUT2D eigenvalue weighted by Gasteiger charge is -2.27. The molecule has 0 bridgehead atoms. The molecule has 288 valence electrons. The van der Waals surface area contributed by atoms with Crippen LogP contribution in [0.15, 0.2) is 0 Å². The molecular formula is C42H85NO5. The average molecular weight is 684 g/mol. The van der Waals surface area contributed by atoms with Crippen LogP contribution in [0.1, 0.15) is 232 Å². The predicted octanol–water partition coefficient (Wildman–Crippen LogP) is 10.8. The number of carbonyl (C=O) groups is 1. The number of unbranched alkanes of at least 4 members (excludes halogenated alkanes) is 30.